The van der Waals surface area contributed by atoms with E-state index < -0.39 is 0 Å². The number of fused-ring (bicyclic) bond motifs is 1. The first-order valence-electron chi connectivity index (χ1n) is 5.00. The maximum Gasteiger partial charge on any atom is 0.251 e. The molecule has 1 aliphatic heterocycles. The molecule has 0 unspecified atom stereocenters. The summed E-state index contributed by atoms with van der Waals surface area (Å²) in [6.07, 6.45) is 2.01. The predicted octanol–water partition coefficient (Wildman–Crippen LogP) is 1.37. The number of hydrogen-bond donors (Lipinski definition) is 0. The van der Waals surface area contributed by atoms with Gasteiger partial charge in [-0.05, 0) is 32.0 Å². The van der Waals surface area contributed by atoms with Crippen LogP contribution in [0, 0.1) is 0 Å². The van der Waals surface area contributed by atoms with E-state index in [1.165, 1.54) is 11.1 Å². The number of nitrogens with zero attached hydrogens (tertiary/aromatic N) is 2. The third kappa shape index (κ3) is 1.48. The minimum absolute atomic E-state index is 0.119. The van der Waals surface area contributed by atoms with Crippen molar-refractivity contribution >= 4 is 0 Å². The van der Waals surface area contributed by atoms with E-state index in [9.17, 15) is 4.79 Å². The van der Waals surface area contributed by atoms with Gasteiger partial charge < -0.3 is 4.57 Å². The Labute approximate surface area is 84.0 Å². The Bertz CT molecular complexity index is 406. The second-order valence-corrected chi connectivity index (χ2v) is 4.34. The summed E-state index contributed by atoms with van der Waals surface area (Å²) in [5.41, 5.74) is 2.60. The van der Waals surface area contributed by atoms with E-state index in [4.69, 9.17) is 0 Å². The largest absolute Gasteiger partial charge is 0.313 e. The summed E-state index contributed by atoms with van der Waals surface area (Å²) in [6.45, 7) is 5.94. The van der Waals surface area contributed by atoms with E-state index in [1.807, 2.05) is 20.0 Å². The predicted molar refractivity (Wildman–Crippen MR) is 56.3 cm³/mol. The molecule has 3 nitrogen and oxygen atoms in total. The van der Waals surface area contributed by atoms with Crippen LogP contribution in [0.5, 0.6) is 0 Å². The van der Waals surface area contributed by atoms with Crippen LogP contribution in [-0.4, -0.2) is 16.5 Å². The van der Waals surface area contributed by atoms with Gasteiger partial charge in [0.25, 0.3) is 5.56 Å². The number of pyridine rings is 1. The third-order valence-corrected chi connectivity index (χ3v) is 2.70. The van der Waals surface area contributed by atoms with Crippen molar-refractivity contribution in [1.82, 2.24) is 9.47 Å². The molecule has 1 aromatic rings. The lowest BCUT2D eigenvalue weighted by Crippen LogP contribution is -2.21. The summed E-state index contributed by atoms with van der Waals surface area (Å²) < 4.78 is 1.80. The zero-order valence-electron chi connectivity index (χ0n) is 8.95. The van der Waals surface area contributed by atoms with Crippen LogP contribution in [0.2, 0.25) is 0 Å². The number of rotatable bonds is 1. The second kappa shape index (κ2) is 3.24. The molecule has 0 fully saturated rings. The van der Waals surface area contributed by atoms with Gasteiger partial charge in [0.1, 0.15) is 0 Å². The zero-order valence-corrected chi connectivity index (χ0v) is 8.95. The lowest BCUT2D eigenvalue weighted by atomic mass is 10.2. The summed E-state index contributed by atoms with van der Waals surface area (Å²) in [7, 11) is 2.07. The molecule has 0 amide bonds. The normalized spacial score (nSPS) is 16.3. The molecule has 2 rings (SSSR count). The molecule has 0 N–H and O–H groups in total. The quantitative estimate of drug-likeness (QED) is 0.671. The molecule has 14 heavy (non-hydrogen) atoms. The van der Waals surface area contributed by atoms with Crippen molar-refractivity contribution in [2.45, 2.75) is 33.0 Å². The van der Waals surface area contributed by atoms with Crippen molar-refractivity contribution in [2.75, 3.05) is 7.05 Å². The lowest BCUT2D eigenvalue weighted by Gasteiger charge is -2.10. The Balaban J connectivity index is 2.50. The molecular weight excluding hydrogens is 176 g/mol. The monoisotopic (exact) mass is 192 g/mol. The van der Waals surface area contributed by atoms with Gasteiger partial charge in [0.15, 0.2) is 0 Å². The van der Waals surface area contributed by atoms with Crippen LogP contribution in [0.1, 0.15) is 31.0 Å². The molecule has 2 heterocycles. The highest BCUT2D eigenvalue weighted by Gasteiger charge is 2.17. The van der Waals surface area contributed by atoms with Gasteiger partial charge in [0, 0.05) is 31.4 Å². The first kappa shape index (κ1) is 9.46. The highest BCUT2D eigenvalue weighted by atomic mass is 16.1. The fourth-order valence-electron chi connectivity index (χ4n) is 1.96. The first-order valence-corrected chi connectivity index (χ1v) is 5.00. The van der Waals surface area contributed by atoms with Crippen LogP contribution >= 0.6 is 0 Å². The van der Waals surface area contributed by atoms with E-state index in [0.29, 0.717) is 0 Å². The van der Waals surface area contributed by atoms with Gasteiger partial charge in [-0.15, -0.1) is 0 Å². The van der Waals surface area contributed by atoms with E-state index in [0.717, 1.165) is 13.1 Å². The Morgan fingerprint density at radius 1 is 1.29 bits per heavy atom. The molecule has 0 atom stereocenters. The van der Waals surface area contributed by atoms with E-state index in [1.54, 1.807) is 10.6 Å². The van der Waals surface area contributed by atoms with Crippen LogP contribution in [0.15, 0.2) is 17.1 Å². The van der Waals surface area contributed by atoms with Crippen LogP contribution < -0.4 is 5.56 Å². The zero-order chi connectivity index (χ0) is 10.3. The van der Waals surface area contributed by atoms with Gasteiger partial charge in [0.2, 0.25) is 0 Å². The SMILES string of the molecule is CC(C)n1cc2c(cc1=O)CN(C)C2. The van der Waals surface area contributed by atoms with Crippen molar-refractivity contribution < 1.29 is 0 Å². The van der Waals surface area contributed by atoms with Crippen LogP contribution in [-0.2, 0) is 13.1 Å². The molecule has 0 saturated carbocycles. The van der Waals surface area contributed by atoms with Gasteiger partial charge in [-0.1, -0.05) is 0 Å². The Kier molecular flexibility index (Phi) is 2.19. The summed E-state index contributed by atoms with van der Waals surface area (Å²) in [5.74, 6) is 0. The topological polar surface area (TPSA) is 25.2 Å². The highest BCUT2D eigenvalue weighted by Crippen LogP contribution is 2.19. The van der Waals surface area contributed by atoms with Crippen LogP contribution in [0.4, 0.5) is 0 Å². The van der Waals surface area contributed by atoms with Crippen LogP contribution in [0.25, 0.3) is 0 Å². The minimum atomic E-state index is 0.119. The average molecular weight is 192 g/mol. The minimum Gasteiger partial charge on any atom is -0.313 e. The summed E-state index contributed by atoms with van der Waals surface area (Å²) >= 11 is 0. The molecule has 0 saturated heterocycles. The summed E-state index contributed by atoms with van der Waals surface area (Å²) in [5, 5.41) is 0. The standard InChI is InChI=1S/C11H16N2O/c1-8(2)13-7-10-6-12(3)5-9(10)4-11(13)14/h4,7-8H,5-6H2,1-3H3. The smallest absolute Gasteiger partial charge is 0.251 e. The van der Waals surface area contributed by atoms with Gasteiger partial charge in [0.05, 0.1) is 0 Å². The van der Waals surface area contributed by atoms with Gasteiger partial charge >= 0.3 is 0 Å². The maximum absolute atomic E-state index is 11.7. The Hall–Kier alpha value is -1.09. The average Bonchev–Trinajstić information content (AvgIpc) is 2.42. The van der Waals surface area contributed by atoms with E-state index in [2.05, 4.69) is 11.9 Å². The van der Waals surface area contributed by atoms with E-state index >= 15 is 0 Å². The Morgan fingerprint density at radius 2 is 1.93 bits per heavy atom. The second-order valence-electron chi connectivity index (χ2n) is 4.34. The van der Waals surface area contributed by atoms with Crippen molar-refractivity contribution in [2.24, 2.45) is 0 Å². The molecule has 0 spiro atoms. The molecule has 0 bridgehead atoms. The fraction of sp³-hybridized carbons (Fsp3) is 0.545. The Morgan fingerprint density at radius 3 is 2.57 bits per heavy atom. The molecule has 1 aromatic heterocycles. The number of hydrogen-bond acceptors (Lipinski definition) is 2. The first-order chi connectivity index (χ1) is 6.58. The van der Waals surface area contributed by atoms with Gasteiger partial charge in [-0.3, -0.25) is 9.69 Å². The van der Waals surface area contributed by atoms with Crippen molar-refractivity contribution in [1.29, 1.82) is 0 Å². The van der Waals surface area contributed by atoms with E-state index in [-0.39, 0.29) is 11.6 Å². The summed E-state index contributed by atoms with van der Waals surface area (Å²) in [6, 6.07) is 2.03. The molecule has 0 aromatic carbocycles. The van der Waals surface area contributed by atoms with Gasteiger partial charge in [-0.2, -0.15) is 0 Å². The fourth-order valence-corrected chi connectivity index (χ4v) is 1.96. The van der Waals surface area contributed by atoms with Crippen LogP contribution in [0.3, 0.4) is 0 Å². The lowest BCUT2D eigenvalue weighted by molar-refractivity contribution is 0.353. The molecule has 76 valence electrons. The van der Waals surface area contributed by atoms with Crippen molar-refractivity contribution in [3.8, 4) is 0 Å². The molecule has 0 radical (unpaired) electrons. The molecule has 0 aliphatic carbocycles. The van der Waals surface area contributed by atoms with Gasteiger partial charge in [-0.25, -0.2) is 0 Å². The molecule has 3 heteroatoms. The molecule has 1 aliphatic rings. The third-order valence-electron chi connectivity index (χ3n) is 2.70. The maximum atomic E-state index is 11.7. The number of aromatic nitrogens is 1. The highest BCUT2D eigenvalue weighted by molar-refractivity contribution is 5.27. The molecular formula is C11H16N2O. The summed E-state index contributed by atoms with van der Waals surface area (Å²) in [4.78, 5) is 13.9. The van der Waals surface area contributed by atoms with Crippen molar-refractivity contribution in [3.63, 3.8) is 0 Å². The van der Waals surface area contributed by atoms with Crippen molar-refractivity contribution in [3.05, 3.63) is 33.7 Å².